The maximum atomic E-state index is 11.5. The Balaban J connectivity index is 2.03. The van der Waals surface area contributed by atoms with Gasteiger partial charge in [-0.05, 0) is 35.2 Å². The first kappa shape index (κ1) is 17.7. The summed E-state index contributed by atoms with van der Waals surface area (Å²) in [6.45, 7) is 6.51. The first-order valence-corrected chi connectivity index (χ1v) is 8.66. The van der Waals surface area contributed by atoms with Crippen molar-refractivity contribution in [2.75, 3.05) is 0 Å². The molecule has 1 aromatic heterocycles. The van der Waals surface area contributed by atoms with Crippen LogP contribution in [0.5, 0.6) is 0 Å². The second-order valence-electron chi connectivity index (χ2n) is 6.92. The summed E-state index contributed by atoms with van der Waals surface area (Å²) in [5.41, 5.74) is 4.04. The van der Waals surface area contributed by atoms with Gasteiger partial charge in [0, 0.05) is 11.8 Å². The van der Waals surface area contributed by atoms with Crippen molar-refractivity contribution in [3.05, 3.63) is 69.8 Å². The predicted octanol–water partition coefficient (Wildman–Crippen LogP) is 5.96. The van der Waals surface area contributed by atoms with Crippen LogP contribution in [0.3, 0.4) is 0 Å². The van der Waals surface area contributed by atoms with Gasteiger partial charge in [-0.3, -0.25) is 4.79 Å². The molecule has 5 heteroatoms. The fourth-order valence-electron chi connectivity index (χ4n) is 2.59. The first-order chi connectivity index (χ1) is 11.8. The van der Waals surface area contributed by atoms with Crippen LogP contribution in [0.4, 0.5) is 0 Å². The molecule has 0 radical (unpaired) electrons. The molecule has 0 aliphatic carbocycles. The molecule has 0 unspecified atom stereocenters. The van der Waals surface area contributed by atoms with Crippen LogP contribution in [-0.4, -0.2) is 16.1 Å². The van der Waals surface area contributed by atoms with E-state index in [0.29, 0.717) is 21.3 Å². The van der Waals surface area contributed by atoms with E-state index in [1.54, 1.807) is 29.1 Å². The van der Waals surface area contributed by atoms with Gasteiger partial charge < -0.3 is 0 Å². The summed E-state index contributed by atoms with van der Waals surface area (Å²) in [5, 5.41) is 5.47. The molecule has 3 rings (SSSR count). The summed E-state index contributed by atoms with van der Waals surface area (Å²) in [6, 6.07) is 13.4. The molecule has 128 valence electrons. The number of aldehydes is 1. The molecular weight excluding hydrogens is 355 g/mol. The number of halogens is 2. The average molecular weight is 373 g/mol. The molecule has 0 saturated heterocycles. The van der Waals surface area contributed by atoms with E-state index in [1.165, 1.54) is 5.56 Å². The van der Waals surface area contributed by atoms with E-state index in [9.17, 15) is 4.79 Å². The van der Waals surface area contributed by atoms with Crippen molar-refractivity contribution < 1.29 is 4.79 Å². The Bertz CT molecular complexity index is 922. The van der Waals surface area contributed by atoms with Gasteiger partial charge >= 0.3 is 0 Å². The van der Waals surface area contributed by atoms with Gasteiger partial charge in [-0.25, -0.2) is 4.68 Å². The van der Waals surface area contributed by atoms with Gasteiger partial charge in [-0.15, -0.1) is 0 Å². The highest BCUT2D eigenvalue weighted by Gasteiger charge is 2.15. The van der Waals surface area contributed by atoms with E-state index in [-0.39, 0.29) is 5.41 Å². The van der Waals surface area contributed by atoms with Crippen LogP contribution in [0, 0.1) is 0 Å². The number of rotatable bonds is 3. The van der Waals surface area contributed by atoms with E-state index in [0.717, 1.165) is 17.5 Å². The molecule has 0 fully saturated rings. The molecule has 25 heavy (non-hydrogen) atoms. The topological polar surface area (TPSA) is 34.9 Å². The van der Waals surface area contributed by atoms with E-state index in [1.807, 2.05) is 12.1 Å². The zero-order valence-electron chi connectivity index (χ0n) is 14.3. The molecular formula is C20H18Cl2N2O. The van der Waals surface area contributed by atoms with Crippen LogP contribution in [0.25, 0.3) is 16.9 Å². The van der Waals surface area contributed by atoms with E-state index in [2.05, 4.69) is 38.0 Å². The monoisotopic (exact) mass is 372 g/mol. The molecule has 3 aromatic rings. The third kappa shape index (κ3) is 3.63. The van der Waals surface area contributed by atoms with E-state index >= 15 is 0 Å². The van der Waals surface area contributed by atoms with E-state index in [4.69, 9.17) is 23.2 Å². The molecule has 0 spiro atoms. The Labute approximate surface area is 157 Å². The van der Waals surface area contributed by atoms with Crippen molar-refractivity contribution in [2.45, 2.75) is 26.2 Å². The second kappa shape index (κ2) is 6.66. The van der Waals surface area contributed by atoms with Crippen molar-refractivity contribution in [1.29, 1.82) is 0 Å². The number of hydrogen-bond donors (Lipinski definition) is 0. The Kier molecular flexibility index (Phi) is 4.72. The minimum atomic E-state index is 0.0851. The maximum absolute atomic E-state index is 11.5. The van der Waals surface area contributed by atoms with E-state index < -0.39 is 0 Å². The van der Waals surface area contributed by atoms with Crippen molar-refractivity contribution in [1.82, 2.24) is 9.78 Å². The smallest absolute Gasteiger partial charge is 0.153 e. The fraction of sp³-hybridized carbons (Fsp3) is 0.200. The van der Waals surface area contributed by atoms with Crippen molar-refractivity contribution in [3.63, 3.8) is 0 Å². The average Bonchev–Trinajstić information content (AvgIpc) is 3.01. The molecule has 0 N–H and O–H groups in total. The van der Waals surface area contributed by atoms with Gasteiger partial charge in [-0.2, -0.15) is 5.10 Å². The predicted molar refractivity (Wildman–Crippen MR) is 103 cm³/mol. The molecule has 3 nitrogen and oxygen atoms in total. The number of carbonyl (C=O) groups is 1. The Morgan fingerprint density at radius 3 is 2.24 bits per heavy atom. The zero-order chi connectivity index (χ0) is 18.2. The standard InChI is InChI=1S/C20H18Cl2N2O/c1-20(2,3)15-5-7-16(8-6-15)24-11-14(12-25)19(23-24)13-4-9-17(21)18(22)10-13/h4-12H,1-3H3. The zero-order valence-corrected chi connectivity index (χ0v) is 15.8. The number of nitrogens with zero attached hydrogens (tertiary/aromatic N) is 2. The minimum absolute atomic E-state index is 0.0851. The van der Waals surface area contributed by atoms with Crippen molar-refractivity contribution in [3.8, 4) is 16.9 Å². The summed E-state index contributed by atoms with van der Waals surface area (Å²) in [6.07, 6.45) is 2.52. The summed E-state index contributed by atoms with van der Waals surface area (Å²) in [7, 11) is 0. The van der Waals surface area contributed by atoms with Gasteiger partial charge in [0.05, 0.1) is 21.3 Å². The lowest BCUT2D eigenvalue weighted by molar-refractivity contribution is 0.112. The summed E-state index contributed by atoms with van der Waals surface area (Å²) < 4.78 is 1.70. The highest BCUT2D eigenvalue weighted by Crippen LogP contribution is 2.30. The van der Waals surface area contributed by atoms with Crippen LogP contribution in [-0.2, 0) is 5.41 Å². The Morgan fingerprint density at radius 1 is 1.00 bits per heavy atom. The minimum Gasteiger partial charge on any atom is -0.298 e. The Morgan fingerprint density at radius 2 is 1.68 bits per heavy atom. The number of benzene rings is 2. The van der Waals surface area contributed by atoms with Crippen LogP contribution in [0.15, 0.2) is 48.7 Å². The van der Waals surface area contributed by atoms with Gasteiger partial charge in [-0.1, -0.05) is 62.2 Å². The number of carbonyl (C=O) groups excluding carboxylic acids is 1. The molecule has 0 bridgehead atoms. The van der Waals surface area contributed by atoms with Crippen LogP contribution < -0.4 is 0 Å². The largest absolute Gasteiger partial charge is 0.298 e. The molecule has 0 atom stereocenters. The highest BCUT2D eigenvalue weighted by atomic mass is 35.5. The second-order valence-corrected chi connectivity index (χ2v) is 7.74. The first-order valence-electron chi connectivity index (χ1n) is 7.91. The van der Waals surface area contributed by atoms with Gasteiger partial charge in [0.15, 0.2) is 6.29 Å². The molecule has 0 amide bonds. The molecule has 1 heterocycles. The van der Waals surface area contributed by atoms with Crippen molar-refractivity contribution in [2.24, 2.45) is 0 Å². The maximum Gasteiger partial charge on any atom is 0.153 e. The lowest BCUT2D eigenvalue weighted by Gasteiger charge is -2.19. The lowest BCUT2D eigenvalue weighted by atomic mass is 9.87. The van der Waals surface area contributed by atoms with Gasteiger partial charge in [0.2, 0.25) is 0 Å². The lowest BCUT2D eigenvalue weighted by Crippen LogP contribution is -2.10. The van der Waals surface area contributed by atoms with Gasteiger partial charge in [0.1, 0.15) is 5.69 Å². The van der Waals surface area contributed by atoms with Crippen molar-refractivity contribution >= 4 is 29.5 Å². The SMILES string of the molecule is CC(C)(C)c1ccc(-n2cc(C=O)c(-c3ccc(Cl)c(Cl)c3)n2)cc1. The van der Waals surface area contributed by atoms with Crippen LogP contribution >= 0.6 is 23.2 Å². The summed E-state index contributed by atoms with van der Waals surface area (Å²) >= 11 is 12.1. The normalized spacial score (nSPS) is 11.6. The molecule has 0 aliphatic heterocycles. The molecule has 2 aromatic carbocycles. The summed E-state index contributed by atoms with van der Waals surface area (Å²) in [5.74, 6) is 0. The summed E-state index contributed by atoms with van der Waals surface area (Å²) in [4.78, 5) is 11.5. The molecule has 0 aliphatic rings. The van der Waals surface area contributed by atoms with Crippen LogP contribution in [0.2, 0.25) is 10.0 Å². The third-order valence-corrected chi connectivity index (χ3v) is 4.80. The molecule has 0 saturated carbocycles. The highest BCUT2D eigenvalue weighted by molar-refractivity contribution is 6.42. The number of aromatic nitrogens is 2. The van der Waals surface area contributed by atoms with Crippen LogP contribution in [0.1, 0.15) is 36.7 Å². The third-order valence-electron chi connectivity index (χ3n) is 4.06. The van der Waals surface area contributed by atoms with Gasteiger partial charge in [0.25, 0.3) is 0 Å². The Hall–Kier alpha value is -2.10. The quantitative estimate of drug-likeness (QED) is 0.531. The number of hydrogen-bond acceptors (Lipinski definition) is 2. The fourth-order valence-corrected chi connectivity index (χ4v) is 2.89.